The van der Waals surface area contributed by atoms with E-state index in [-0.39, 0.29) is 0 Å². The quantitative estimate of drug-likeness (QED) is 0.779. The Morgan fingerprint density at radius 3 is 2.67 bits per heavy atom. The first-order valence-corrected chi connectivity index (χ1v) is 4.89. The van der Waals surface area contributed by atoms with Crippen molar-refractivity contribution in [1.29, 1.82) is 0 Å². The van der Waals surface area contributed by atoms with Gasteiger partial charge in [-0.25, -0.2) is 0 Å². The zero-order chi connectivity index (χ0) is 21.3. The third-order valence-electron chi connectivity index (χ3n) is 1.66. The maximum atomic E-state index is 12.4. The van der Waals surface area contributed by atoms with Crippen LogP contribution in [0.3, 0.4) is 0 Å². The lowest BCUT2D eigenvalue weighted by atomic mass is 10.2. The van der Waals surface area contributed by atoms with Gasteiger partial charge in [0.25, 0.3) is 0 Å². The summed E-state index contributed by atoms with van der Waals surface area (Å²) in [6.07, 6.45) is 0. The van der Waals surface area contributed by atoms with Crippen LogP contribution >= 0.6 is 0 Å². The van der Waals surface area contributed by atoms with Crippen molar-refractivity contribution in [2.45, 2.75) is 19.5 Å². The molecule has 1 rings (SSSR count). The monoisotopic (exact) mass is 259 g/mol. The molecule has 98 valence electrons. The molecule has 0 aromatic heterocycles. The van der Waals surface area contributed by atoms with Gasteiger partial charge in [0.05, 0.1) is 18.9 Å². The molecule has 0 bridgehead atoms. The average molecular weight is 259 g/mol. The summed E-state index contributed by atoms with van der Waals surface area (Å²) in [5, 5.41) is 3.76. The van der Waals surface area contributed by atoms with E-state index in [2.05, 4.69) is 4.74 Å². The van der Waals surface area contributed by atoms with Crippen molar-refractivity contribution in [1.82, 2.24) is 10.6 Å². The number of hydrogen-bond acceptors (Lipinski definition) is 3. The minimum Gasteiger partial charge on any atom is -0.382 e. The second kappa shape index (κ2) is 7.45. The Labute approximate surface area is 119 Å². The Morgan fingerprint density at radius 2 is 2.11 bits per heavy atom. The smallest absolute Gasteiger partial charge is 0.245 e. The third-order valence-corrected chi connectivity index (χ3v) is 1.66. The summed E-state index contributed by atoms with van der Waals surface area (Å²) in [7, 11) is 0.937. The molecule has 0 aliphatic rings. The van der Waals surface area contributed by atoms with Crippen molar-refractivity contribution in [3.8, 4) is 0 Å². The van der Waals surface area contributed by atoms with E-state index in [0.717, 1.165) is 14.0 Å². The van der Waals surface area contributed by atoms with Gasteiger partial charge in [-0.05, 0) is 5.56 Å². The zero-order valence-corrected chi connectivity index (χ0v) is 9.80. The molecule has 0 fully saturated rings. The number of methoxy groups -OCH3 is 1. The van der Waals surface area contributed by atoms with E-state index in [0.29, 0.717) is 0 Å². The molecule has 1 aromatic rings. The second-order valence-electron chi connectivity index (χ2n) is 3.07. The number of nitrogens with one attached hydrogen (secondary N) is 2. The molecule has 0 radical (unpaired) electrons. The molecule has 1 unspecified atom stereocenters. The standard InChI is InChI=1S/C13H18N2O3/c1-10(16)15-12(9-18-2)13(17)14-8-11-6-4-3-5-7-11/h3-7,12H,8-9H2,1-2H3,(H,14,17)(H,15,16)/i3D,4D,5D,6D,7D,8D2,9D2. The van der Waals surface area contributed by atoms with Crippen LogP contribution in [0.15, 0.2) is 30.2 Å². The van der Waals surface area contributed by atoms with Gasteiger partial charge in [0.15, 0.2) is 0 Å². The molecule has 0 spiro atoms. The van der Waals surface area contributed by atoms with Gasteiger partial charge in [0.1, 0.15) is 6.04 Å². The molecular formula is C13H18N2O3. The molecule has 0 saturated heterocycles. The predicted molar refractivity (Wildman–Crippen MR) is 67.8 cm³/mol. The number of hydrogen-bond donors (Lipinski definition) is 2. The van der Waals surface area contributed by atoms with Crippen LogP contribution in [0.5, 0.6) is 0 Å². The maximum absolute atomic E-state index is 12.4. The van der Waals surface area contributed by atoms with Crippen molar-refractivity contribution in [3.63, 3.8) is 0 Å². The molecule has 0 heterocycles. The van der Waals surface area contributed by atoms with Crippen LogP contribution in [0.4, 0.5) is 0 Å². The summed E-state index contributed by atoms with van der Waals surface area (Å²) in [4.78, 5) is 23.6. The molecule has 0 aliphatic heterocycles. The molecule has 0 aliphatic carbocycles. The molecule has 2 amide bonds. The van der Waals surface area contributed by atoms with E-state index in [1.54, 1.807) is 5.32 Å². The fourth-order valence-electron chi connectivity index (χ4n) is 0.978. The minimum absolute atomic E-state index is 0.734. The van der Waals surface area contributed by atoms with Crippen LogP contribution in [0.1, 0.15) is 24.8 Å². The van der Waals surface area contributed by atoms with Crippen LogP contribution in [0.25, 0.3) is 0 Å². The summed E-state index contributed by atoms with van der Waals surface area (Å²) in [6, 6.07) is -6.01. The fraction of sp³-hybridized carbons (Fsp3) is 0.385. The maximum Gasteiger partial charge on any atom is 0.245 e. The van der Waals surface area contributed by atoms with Gasteiger partial charge in [-0.3, -0.25) is 9.59 Å². The van der Waals surface area contributed by atoms with Crippen LogP contribution in [0.2, 0.25) is 0 Å². The van der Waals surface area contributed by atoms with Crippen molar-refractivity contribution < 1.29 is 26.7 Å². The van der Waals surface area contributed by atoms with Crippen molar-refractivity contribution in [2.75, 3.05) is 13.7 Å². The topological polar surface area (TPSA) is 67.4 Å². The Bertz CT molecular complexity index is 741. The van der Waals surface area contributed by atoms with Crippen molar-refractivity contribution in [3.05, 3.63) is 35.8 Å². The van der Waals surface area contributed by atoms with Gasteiger partial charge < -0.3 is 15.4 Å². The summed E-state index contributed by atoms with van der Waals surface area (Å²) < 4.78 is 74.0. The predicted octanol–water partition coefficient (Wildman–Crippen LogP) is 0.454. The van der Waals surface area contributed by atoms with Gasteiger partial charge in [-0.2, -0.15) is 0 Å². The molecule has 0 saturated carbocycles. The first kappa shape index (κ1) is 5.84. The van der Waals surface area contributed by atoms with E-state index in [9.17, 15) is 9.59 Å². The first-order chi connectivity index (χ1) is 12.2. The molecule has 1 aromatic carbocycles. The first-order valence-electron chi connectivity index (χ1n) is 9.39. The average Bonchev–Trinajstić information content (AvgIpc) is 2.55. The lowest BCUT2D eigenvalue weighted by molar-refractivity contribution is -0.129. The number of ether oxygens (including phenoxy) is 1. The molecule has 5 heteroatoms. The number of rotatable bonds is 6. The highest BCUT2D eigenvalue weighted by Gasteiger charge is 2.18. The number of carbonyl (C=O) groups is 2. The van der Waals surface area contributed by atoms with E-state index in [1.165, 1.54) is 0 Å². The van der Waals surface area contributed by atoms with E-state index in [4.69, 9.17) is 12.3 Å². The van der Waals surface area contributed by atoms with Crippen LogP contribution in [-0.4, -0.2) is 31.5 Å². The summed E-state index contributed by atoms with van der Waals surface area (Å²) >= 11 is 0. The molecule has 2 N–H and O–H groups in total. The van der Waals surface area contributed by atoms with Gasteiger partial charge in [-0.1, -0.05) is 30.2 Å². The third kappa shape index (κ3) is 4.97. The van der Waals surface area contributed by atoms with Crippen LogP contribution in [-0.2, 0) is 20.8 Å². The molecule has 18 heavy (non-hydrogen) atoms. The summed E-state index contributed by atoms with van der Waals surface area (Å²) in [6.45, 7) is -4.66. The van der Waals surface area contributed by atoms with Gasteiger partial charge >= 0.3 is 0 Å². The van der Waals surface area contributed by atoms with Crippen molar-refractivity contribution >= 4 is 11.8 Å². The molecular weight excluding hydrogens is 232 g/mol. The lowest BCUT2D eigenvalue weighted by Gasteiger charge is -2.16. The zero-order valence-electron chi connectivity index (χ0n) is 18.8. The highest BCUT2D eigenvalue weighted by atomic mass is 16.5. The van der Waals surface area contributed by atoms with Crippen LogP contribution < -0.4 is 10.6 Å². The Morgan fingerprint density at radius 1 is 1.44 bits per heavy atom. The number of benzene rings is 1. The normalized spacial score (nSPS) is 20.4. The van der Waals surface area contributed by atoms with E-state index < -0.39 is 66.7 Å². The van der Waals surface area contributed by atoms with Gasteiger partial charge in [0, 0.05) is 20.5 Å². The fourth-order valence-corrected chi connectivity index (χ4v) is 0.978. The van der Waals surface area contributed by atoms with E-state index in [1.807, 2.05) is 5.32 Å². The highest BCUT2D eigenvalue weighted by Crippen LogP contribution is 1.97. The highest BCUT2D eigenvalue weighted by molar-refractivity contribution is 5.86. The molecule has 1 atom stereocenters. The second-order valence-corrected chi connectivity index (χ2v) is 3.07. The SMILES string of the molecule is [2H]c1c([2H])c([2H])c(C([2H])([2H])NC(=O)C(NC(C)=O)C([2H])([2H])OC)c([2H])c1[2H]. The van der Waals surface area contributed by atoms with Gasteiger partial charge in [0.2, 0.25) is 11.8 Å². The van der Waals surface area contributed by atoms with Gasteiger partial charge in [-0.15, -0.1) is 0 Å². The van der Waals surface area contributed by atoms with Crippen LogP contribution in [0, 0.1) is 0 Å². The van der Waals surface area contributed by atoms with E-state index >= 15 is 0 Å². The lowest BCUT2D eigenvalue weighted by Crippen LogP contribution is -2.48. The number of carbonyl (C=O) groups excluding carboxylic acids is 2. The molecule has 5 nitrogen and oxygen atoms in total. The number of amides is 2. The largest absolute Gasteiger partial charge is 0.382 e. The minimum atomic E-state index is -2.97. The Balaban J connectivity index is 3.38. The Hall–Kier alpha value is -1.88. The summed E-state index contributed by atoms with van der Waals surface area (Å²) in [5.41, 5.74) is -0.832. The summed E-state index contributed by atoms with van der Waals surface area (Å²) in [5.74, 6) is -2.15. The van der Waals surface area contributed by atoms with Crippen molar-refractivity contribution in [2.24, 2.45) is 0 Å². The Kier molecular flexibility index (Phi) is 2.42.